The first-order valence-electron chi connectivity index (χ1n) is 10.9. The van der Waals surface area contributed by atoms with E-state index in [1.54, 1.807) is 19.1 Å². The van der Waals surface area contributed by atoms with Gasteiger partial charge in [-0.1, -0.05) is 36.4 Å². The van der Waals surface area contributed by atoms with Gasteiger partial charge in [-0.2, -0.15) is 0 Å². The first-order chi connectivity index (χ1) is 16.2. The van der Waals surface area contributed by atoms with Crippen LogP contribution in [0.15, 0.2) is 48.5 Å². The molecule has 2 aromatic rings. The summed E-state index contributed by atoms with van der Waals surface area (Å²) < 4.78 is 9.93. The number of benzene rings is 2. The van der Waals surface area contributed by atoms with Gasteiger partial charge < -0.3 is 30.3 Å². The molecule has 0 saturated heterocycles. The highest BCUT2D eigenvalue weighted by atomic mass is 16.5. The van der Waals surface area contributed by atoms with Crippen molar-refractivity contribution in [3.8, 4) is 11.5 Å². The van der Waals surface area contributed by atoms with Crippen LogP contribution < -0.4 is 15.4 Å². The molecule has 9 nitrogen and oxygen atoms in total. The number of methoxy groups -OCH3 is 2. The number of hydrogen-bond donors (Lipinski definition) is 4. The summed E-state index contributed by atoms with van der Waals surface area (Å²) in [4.78, 5) is 36.9. The number of nitrogens with one attached hydrogen (secondary N) is 2. The maximum atomic E-state index is 13.0. The van der Waals surface area contributed by atoms with Gasteiger partial charge in [0.1, 0.15) is 5.54 Å². The zero-order valence-corrected chi connectivity index (χ0v) is 19.7. The van der Waals surface area contributed by atoms with Gasteiger partial charge in [0.05, 0.1) is 26.7 Å². The van der Waals surface area contributed by atoms with Crippen molar-refractivity contribution in [2.24, 2.45) is 0 Å². The van der Waals surface area contributed by atoms with Crippen molar-refractivity contribution in [2.75, 3.05) is 20.8 Å². The van der Waals surface area contributed by atoms with E-state index in [9.17, 15) is 24.6 Å². The van der Waals surface area contributed by atoms with Gasteiger partial charge in [-0.3, -0.25) is 9.59 Å². The highest BCUT2D eigenvalue weighted by Gasteiger charge is 2.38. The van der Waals surface area contributed by atoms with Gasteiger partial charge in [0.25, 0.3) is 0 Å². The Morgan fingerprint density at radius 3 is 2.35 bits per heavy atom. The van der Waals surface area contributed by atoms with Gasteiger partial charge in [-0.05, 0) is 49.6 Å². The normalized spacial score (nSPS) is 13.4. The number of carbonyl (C=O) groups is 3. The highest BCUT2D eigenvalue weighted by Crippen LogP contribution is 2.26. The number of aliphatic carboxylic acids is 1. The molecule has 0 aromatic heterocycles. The summed E-state index contributed by atoms with van der Waals surface area (Å²) in [5.74, 6) is -1.96. The maximum Gasteiger partial charge on any atom is 0.331 e. The van der Waals surface area contributed by atoms with E-state index < -0.39 is 35.8 Å². The van der Waals surface area contributed by atoms with Gasteiger partial charge in [0.15, 0.2) is 11.5 Å². The Kier molecular flexibility index (Phi) is 9.88. The molecule has 2 rings (SSSR count). The van der Waals surface area contributed by atoms with Crippen LogP contribution in [0.1, 0.15) is 30.9 Å². The van der Waals surface area contributed by atoms with Crippen LogP contribution in [0.4, 0.5) is 0 Å². The predicted octanol–water partition coefficient (Wildman–Crippen LogP) is 2.06. The predicted molar refractivity (Wildman–Crippen MR) is 126 cm³/mol. The van der Waals surface area contributed by atoms with E-state index in [2.05, 4.69) is 10.6 Å². The standard InChI is InChI=1S/C25H32N2O7/c1-25(24(32)34-3,16-18-8-5-4-6-9-18)27-23(31)19(15-22(29)30)26-13-7-10-17-11-12-21(33-2)20(28)14-17/h4-6,8-9,11-12,14,19,26,28H,7,10,13,15-16H2,1-3H3,(H,27,31)(H,29,30)/t19-,25-/m0/s1. The molecule has 0 aliphatic rings. The minimum Gasteiger partial charge on any atom is -0.504 e. The number of phenols is 1. The van der Waals surface area contributed by atoms with E-state index in [-0.39, 0.29) is 12.2 Å². The lowest BCUT2D eigenvalue weighted by Crippen LogP contribution is -2.59. The molecule has 9 heteroatoms. The number of carboxylic acids is 1. The van der Waals surface area contributed by atoms with Gasteiger partial charge >= 0.3 is 11.9 Å². The van der Waals surface area contributed by atoms with Crippen LogP contribution >= 0.6 is 0 Å². The lowest BCUT2D eigenvalue weighted by molar-refractivity contribution is -0.150. The first kappa shape index (κ1) is 26.7. The summed E-state index contributed by atoms with van der Waals surface area (Å²) in [5, 5.41) is 24.8. The molecule has 0 spiro atoms. The number of carbonyl (C=O) groups excluding carboxylic acids is 2. The van der Waals surface area contributed by atoms with E-state index in [0.717, 1.165) is 11.1 Å². The molecular weight excluding hydrogens is 440 g/mol. The summed E-state index contributed by atoms with van der Waals surface area (Å²) in [7, 11) is 2.71. The van der Waals surface area contributed by atoms with Crippen molar-refractivity contribution < 1.29 is 34.1 Å². The molecule has 0 saturated carbocycles. The summed E-state index contributed by atoms with van der Waals surface area (Å²) in [6.07, 6.45) is 0.929. The van der Waals surface area contributed by atoms with Crippen LogP contribution in [0.5, 0.6) is 11.5 Å². The molecule has 0 fully saturated rings. The molecule has 2 atom stereocenters. The fourth-order valence-electron chi connectivity index (χ4n) is 3.65. The lowest BCUT2D eigenvalue weighted by Gasteiger charge is -2.30. The van der Waals surface area contributed by atoms with Crippen molar-refractivity contribution in [1.29, 1.82) is 0 Å². The number of carboxylic acid groups (broad SMARTS) is 1. The fraction of sp³-hybridized carbons (Fsp3) is 0.400. The molecule has 1 amide bonds. The number of aromatic hydroxyl groups is 1. The van der Waals surface area contributed by atoms with Crippen molar-refractivity contribution >= 4 is 17.8 Å². The molecular formula is C25H32N2O7. The number of ether oxygens (including phenoxy) is 2. The Morgan fingerprint density at radius 1 is 1.06 bits per heavy atom. The molecule has 4 N–H and O–H groups in total. The number of amides is 1. The monoisotopic (exact) mass is 472 g/mol. The van der Waals surface area contributed by atoms with E-state index in [1.165, 1.54) is 14.2 Å². The van der Waals surface area contributed by atoms with Crippen molar-refractivity contribution in [1.82, 2.24) is 10.6 Å². The van der Waals surface area contributed by atoms with Crippen LogP contribution in [-0.4, -0.2) is 60.4 Å². The molecule has 2 aromatic carbocycles. The van der Waals surface area contributed by atoms with Gasteiger partial charge in [-0.15, -0.1) is 0 Å². The second-order valence-corrected chi connectivity index (χ2v) is 8.19. The molecule has 0 unspecified atom stereocenters. The lowest BCUT2D eigenvalue weighted by atomic mass is 9.92. The summed E-state index contributed by atoms with van der Waals surface area (Å²) in [6.45, 7) is 1.91. The summed E-state index contributed by atoms with van der Waals surface area (Å²) in [6, 6.07) is 13.2. The SMILES string of the molecule is COC(=O)[C@](C)(Cc1ccccc1)NC(=O)[C@H](CC(=O)O)NCCCc1ccc(OC)c(O)c1. The van der Waals surface area contributed by atoms with E-state index >= 15 is 0 Å². The molecule has 0 heterocycles. The van der Waals surface area contributed by atoms with Gasteiger partial charge in [0, 0.05) is 6.42 Å². The smallest absolute Gasteiger partial charge is 0.331 e. The quantitative estimate of drug-likeness (QED) is 0.257. The Morgan fingerprint density at radius 2 is 1.76 bits per heavy atom. The third-order valence-electron chi connectivity index (χ3n) is 5.41. The number of esters is 1. The molecule has 0 aliphatic heterocycles. The largest absolute Gasteiger partial charge is 0.504 e. The average Bonchev–Trinajstić information content (AvgIpc) is 2.80. The third kappa shape index (κ3) is 7.77. The van der Waals surface area contributed by atoms with Crippen LogP contribution in [0.2, 0.25) is 0 Å². The van der Waals surface area contributed by atoms with E-state index in [1.807, 2.05) is 36.4 Å². The number of hydrogen-bond acceptors (Lipinski definition) is 7. The maximum absolute atomic E-state index is 13.0. The number of phenolic OH excluding ortho intramolecular Hbond substituents is 1. The minimum atomic E-state index is -1.37. The second kappa shape index (κ2) is 12.6. The average molecular weight is 473 g/mol. The molecule has 0 bridgehead atoms. The van der Waals surface area contributed by atoms with Crippen LogP contribution in [0.3, 0.4) is 0 Å². The number of rotatable bonds is 13. The van der Waals surface area contributed by atoms with Crippen LogP contribution in [0, 0.1) is 0 Å². The van der Waals surface area contributed by atoms with Crippen LogP contribution in [0.25, 0.3) is 0 Å². The van der Waals surface area contributed by atoms with Crippen molar-refractivity contribution in [2.45, 2.75) is 44.2 Å². The van der Waals surface area contributed by atoms with E-state index in [4.69, 9.17) is 9.47 Å². The topological polar surface area (TPSA) is 134 Å². The zero-order valence-electron chi connectivity index (χ0n) is 19.7. The van der Waals surface area contributed by atoms with Crippen molar-refractivity contribution in [3.63, 3.8) is 0 Å². The van der Waals surface area contributed by atoms with Gasteiger partial charge in [0.2, 0.25) is 5.91 Å². The second-order valence-electron chi connectivity index (χ2n) is 8.19. The number of aryl methyl sites for hydroxylation is 1. The fourth-order valence-corrected chi connectivity index (χ4v) is 3.65. The summed E-state index contributed by atoms with van der Waals surface area (Å²) >= 11 is 0. The van der Waals surface area contributed by atoms with Gasteiger partial charge in [-0.25, -0.2) is 4.79 Å². The molecule has 184 valence electrons. The minimum absolute atomic E-state index is 0.0385. The first-order valence-corrected chi connectivity index (χ1v) is 10.9. The van der Waals surface area contributed by atoms with Crippen molar-refractivity contribution in [3.05, 3.63) is 59.7 Å². The molecule has 34 heavy (non-hydrogen) atoms. The molecule has 0 radical (unpaired) electrons. The molecule has 0 aliphatic carbocycles. The third-order valence-corrected chi connectivity index (χ3v) is 5.41. The Hall–Kier alpha value is -3.59. The van der Waals surface area contributed by atoms with Crippen LogP contribution in [-0.2, 0) is 32.0 Å². The Balaban J connectivity index is 2.02. The summed E-state index contributed by atoms with van der Waals surface area (Å²) in [5.41, 5.74) is 0.327. The highest BCUT2D eigenvalue weighted by molar-refractivity contribution is 5.92. The Labute approximate surface area is 199 Å². The Bertz CT molecular complexity index is 980. The van der Waals surface area contributed by atoms with E-state index in [0.29, 0.717) is 25.1 Å². The zero-order chi connectivity index (χ0) is 25.1.